The van der Waals surface area contributed by atoms with Gasteiger partial charge in [-0.3, -0.25) is 0 Å². The second-order valence-electron chi connectivity index (χ2n) is 8.19. The minimum Gasteiger partial charge on any atom is -0.383 e. The van der Waals surface area contributed by atoms with Crippen LogP contribution in [-0.4, -0.2) is 34.9 Å². The highest BCUT2D eigenvalue weighted by Gasteiger charge is 2.18. The molecule has 6 heterocycles. The standard InChI is InChI=1S/C25H19F2N11/c26-18-14(12-3-1-5-31-20(12)28)9-33-24(18)37-22-16-7-30-8-17(16)23(36-11-35-22)38-25-19(27)15(10-34-25)13-4-2-6-32-21(13)29/h1-11,30,33-34H,(H2,28,31)(H2,29,32)(H,35,36,37,38). The molecule has 0 aliphatic heterocycles. The van der Waals surface area contributed by atoms with Crippen LogP contribution in [0.25, 0.3) is 33.0 Å². The van der Waals surface area contributed by atoms with Crippen LogP contribution in [0.4, 0.5) is 37.9 Å². The summed E-state index contributed by atoms with van der Waals surface area (Å²) in [5.74, 6) is -0.461. The first-order valence-electron chi connectivity index (χ1n) is 11.3. The quantitative estimate of drug-likeness (QED) is 0.201. The minimum absolute atomic E-state index is 0.0481. The monoisotopic (exact) mass is 511 g/mol. The third-order valence-corrected chi connectivity index (χ3v) is 5.94. The van der Waals surface area contributed by atoms with Crippen LogP contribution in [0.5, 0.6) is 0 Å². The van der Waals surface area contributed by atoms with E-state index in [2.05, 4.69) is 45.2 Å². The Morgan fingerprint density at radius 2 is 1.39 bits per heavy atom. The molecule has 0 radical (unpaired) electrons. The minimum atomic E-state index is -0.608. The third kappa shape index (κ3) is 3.87. The molecule has 6 aromatic heterocycles. The summed E-state index contributed by atoms with van der Waals surface area (Å²) in [5, 5.41) is 4.02. The number of nitrogens with zero attached hydrogens (tertiary/aromatic N) is 5. The van der Waals surface area contributed by atoms with Crippen molar-refractivity contribution >= 4 is 39.9 Å². The molecule has 11 nitrogen and oxygen atoms in total. The maximum Gasteiger partial charge on any atom is 0.175 e. The van der Waals surface area contributed by atoms with E-state index in [0.717, 1.165) is 0 Å². The first kappa shape index (κ1) is 22.8. The number of H-pyrrole nitrogens is 3. The summed E-state index contributed by atoms with van der Waals surface area (Å²) in [4.78, 5) is 29.6. The average molecular weight is 512 g/mol. The number of anilines is 4. The molecule has 0 aromatic carbocycles. The Labute approximate surface area is 212 Å². The molecular weight excluding hydrogens is 492 g/mol. The predicted molar refractivity (Wildman–Crippen MR) is 139 cm³/mol. The molecule has 0 saturated heterocycles. The van der Waals surface area contributed by atoms with Crippen molar-refractivity contribution in [3.8, 4) is 22.3 Å². The zero-order valence-corrected chi connectivity index (χ0v) is 19.5. The zero-order chi connectivity index (χ0) is 26.2. The molecule has 0 amide bonds. The van der Waals surface area contributed by atoms with Crippen LogP contribution in [0.1, 0.15) is 0 Å². The van der Waals surface area contributed by atoms with Crippen molar-refractivity contribution in [3.63, 3.8) is 0 Å². The number of halogens is 2. The zero-order valence-electron chi connectivity index (χ0n) is 19.5. The van der Waals surface area contributed by atoms with Gasteiger partial charge < -0.3 is 31.7 Å². The summed E-state index contributed by atoms with van der Waals surface area (Å²) in [6.45, 7) is 0. The number of nitrogens with two attached hydrogens (primary N) is 2. The molecule has 6 aromatic rings. The number of fused-ring (bicyclic) bond motifs is 1. The van der Waals surface area contributed by atoms with Crippen LogP contribution >= 0.6 is 0 Å². The molecule has 6 rings (SSSR count). The van der Waals surface area contributed by atoms with E-state index >= 15 is 8.78 Å². The molecule has 0 aliphatic rings. The number of nitrogen functional groups attached to an aromatic ring is 2. The Bertz CT molecular complexity index is 1870. The fourth-order valence-electron chi connectivity index (χ4n) is 4.09. The van der Waals surface area contributed by atoms with E-state index in [1.165, 1.54) is 31.1 Å². The van der Waals surface area contributed by atoms with Crippen molar-refractivity contribution in [2.75, 3.05) is 16.8 Å². The highest BCUT2D eigenvalue weighted by molar-refractivity contribution is 5.92. The van der Waals surface area contributed by atoms with Crippen molar-refractivity contribution in [1.29, 1.82) is 0 Å². The second kappa shape index (κ2) is 9.13. The lowest BCUT2D eigenvalue weighted by Gasteiger charge is -2.04. The molecule has 0 saturated carbocycles. The Hall–Kier alpha value is -5.59. The smallest absolute Gasteiger partial charge is 0.175 e. The van der Waals surface area contributed by atoms with Crippen molar-refractivity contribution in [1.82, 2.24) is 34.9 Å². The molecule has 8 N–H and O–H groups in total. The maximum absolute atomic E-state index is 15.3. The number of nitrogens with one attached hydrogen (secondary N) is 4. The molecule has 0 unspecified atom stereocenters. The van der Waals surface area contributed by atoms with Gasteiger partial charge in [-0.15, -0.1) is 0 Å². The van der Waals surface area contributed by atoms with Gasteiger partial charge in [0.2, 0.25) is 0 Å². The number of aromatic nitrogens is 7. The molecule has 0 bridgehead atoms. The summed E-state index contributed by atoms with van der Waals surface area (Å²) in [7, 11) is 0. The normalized spacial score (nSPS) is 11.8. The molecule has 188 valence electrons. The van der Waals surface area contributed by atoms with Crippen LogP contribution in [0.2, 0.25) is 0 Å². The van der Waals surface area contributed by atoms with Crippen molar-refractivity contribution in [2.24, 2.45) is 4.99 Å². The molecule has 0 atom stereocenters. The molecule has 13 heteroatoms. The van der Waals surface area contributed by atoms with Gasteiger partial charge in [0.05, 0.1) is 0 Å². The van der Waals surface area contributed by atoms with Gasteiger partial charge in [0.25, 0.3) is 0 Å². The van der Waals surface area contributed by atoms with Gasteiger partial charge in [-0.1, -0.05) is 0 Å². The van der Waals surface area contributed by atoms with Crippen LogP contribution in [0.15, 0.2) is 72.8 Å². The third-order valence-electron chi connectivity index (χ3n) is 5.94. The molecule has 0 aliphatic carbocycles. The lowest BCUT2D eigenvalue weighted by molar-refractivity contribution is 0.634. The Balaban J connectivity index is 1.40. The Morgan fingerprint density at radius 3 is 2.11 bits per heavy atom. The number of rotatable bonds is 5. The van der Waals surface area contributed by atoms with E-state index in [4.69, 9.17) is 11.5 Å². The maximum atomic E-state index is 15.3. The van der Waals surface area contributed by atoms with Gasteiger partial charge in [0.1, 0.15) is 29.6 Å². The molecule has 0 fully saturated rings. The van der Waals surface area contributed by atoms with E-state index in [0.29, 0.717) is 21.9 Å². The SMILES string of the molecule is Nc1ncccc1-c1c[nH]c(/N=c2\ncnc(Nc3[nH]cc(-c4cccnc4N)c3F)c3c[nH]cc23)c1F. The fourth-order valence-corrected chi connectivity index (χ4v) is 4.09. The molecule has 38 heavy (non-hydrogen) atoms. The van der Waals surface area contributed by atoms with Crippen LogP contribution in [0, 0.1) is 11.6 Å². The largest absolute Gasteiger partial charge is 0.383 e. The van der Waals surface area contributed by atoms with Crippen LogP contribution < -0.4 is 22.3 Å². The number of hydrogen-bond donors (Lipinski definition) is 6. The van der Waals surface area contributed by atoms with E-state index in [-0.39, 0.29) is 45.7 Å². The predicted octanol–water partition coefficient (Wildman–Crippen LogP) is 4.16. The van der Waals surface area contributed by atoms with Gasteiger partial charge in [0.15, 0.2) is 22.9 Å². The van der Waals surface area contributed by atoms with Crippen LogP contribution in [-0.2, 0) is 0 Å². The summed E-state index contributed by atoms with van der Waals surface area (Å²) >= 11 is 0. The molecule has 0 spiro atoms. The molecular formula is C25H19F2N11. The van der Waals surface area contributed by atoms with Crippen LogP contribution in [0.3, 0.4) is 0 Å². The van der Waals surface area contributed by atoms with Gasteiger partial charge in [-0.2, -0.15) is 0 Å². The first-order valence-corrected chi connectivity index (χ1v) is 11.3. The van der Waals surface area contributed by atoms with Gasteiger partial charge in [-0.05, 0) is 24.3 Å². The lowest BCUT2D eigenvalue weighted by Crippen LogP contribution is -2.04. The van der Waals surface area contributed by atoms with E-state index in [1.807, 2.05) is 0 Å². The summed E-state index contributed by atoms with van der Waals surface area (Å²) in [6, 6.07) is 6.68. The van der Waals surface area contributed by atoms with E-state index in [1.54, 1.807) is 36.7 Å². The van der Waals surface area contributed by atoms with Gasteiger partial charge in [0, 0.05) is 70.2 Å². The number of hydrogen-bond acceptors (Lipinski definition) is 8. The highest BCUT2D eigenvalue weighted by atomic mass is 19.1. The van der Waals surface area contributed by atoms with Crippen molar-refractivity contribution < 1.29 is 8.78 Å². The second-order valence-corrected chi connectivity index (χ2v) is 8.19. The number of pyridine rings is 2. The number of aromatic amines is 3. The van der Waals surface area contributed by atoms with Gasteiger partial charge >= 0.3 is 0 Å². The van der Waals surface area contributed by atoms with Crippen molar-refractivity contribution in [2.45, 2.75) is 0 Å². The summed E-state index contributed by atoms with van der Waals surface area (Å²) in [5.41, 5.74) is 13.4. The topological polar surface area (TPSA) is 175 Å². The first-order chi connectivity index (χ1) is 18.5. The Morgan fingerprint density at radius 1 is 0.737 bits per heavy atom. The summed E-state index contributed by atoms with van der Waals surface area (Å²) < 4.78 is 30.5. The van der Waals surface area contributed by atoms with Gasteiger partial charge in [-0.25, -0.2) is 33.7 Å². The van der Waals surface area contributed by atoms with Crippen molar-refractivity contribution in [3.05, 3.63) is 84.9 Å². The fraction of sp³-hybridized carbons (Fsp3) is 0. The summed E-state index contributed by atoms with van der Waals surface area (Å²) in [6.07, 6.45) is 10.6. The van der Waals surface area contributed by atoms with E-state index in [9.17, 15) is 0 Å². The van der Waals surface area contributed by atoms with E-state index < -0.39 is 11.6 Å². The highest BCUT2D eigenvalue weighted by Crippen LogP contribution is 2.33. The Kier molecular flexibility index (Phi) is 5.49. The lowest BCUT2D eigenvalue weighted by atomic mass is 10.1. The average Bonchev–Trinajstić information content (AvgIpc) is 3.61.